The van der Waals surface area contributed by atoms with Crippen molar-refractivity contribution in [1.82, 2.24) is 4.98 Å². The first-order valence-electron chi connectivity index (χ1n) is 9.42. The molecular formula is C26H17Cl2N. The predicted molar refractivity (Wildman–Crippen MR) is 126 cm³/mol. The van der Waals surface area contributed by atoms with E-state index >= 15 is 0 Å². The van der Waals surface area contributed by atoms with Crippen LogP contribution in [0.25, 0.3) is 33.5 Å². The molecule has 5 rings (SSSR count). The molecule has 0 fully saturated rings. The molecule has 0 unspecified atom stereocenters. The zero-order chi connectivity index (χ0) is 19.8. The van der Waals surface area contributed by atoms with Crippen molar-refractivity contribution < 1.29 is 0 Å². The molecule has 0 aliphatic rings. The molecule has 0 aliphatic heterocycles. The standard InChI is InChI=1S/C26H17Cl2N/c27-19-12-8-17(9-13-19)16-23(18-10-14-20(28)15-11-18)21-5-3-7-25-26(21)22-4-1-2-6-24(22)29-25/h1-16,29H/b23-16+. The van der Waals surface area contributed by atoms with E-state index in [1.165, 1.54) is 16.3 Å². The lowest BCUT2D eigenvalue weighted by Gasteiger charge is -2.12. The van der Waals surface area contributed by atoms with Crippen molar-refractivity contribution in [3.8, 4) is 0 Å². The topological polar surface area (TPSA) is 15.8 Å². The van der Waals surface area contributed by atoms with Gasteiger partial charge in [0.15, 0.2) is 0 Å². The number of benzene rings is 4. The van der Waals surface area contributed by atoms with Crippen molar-refractivity contribution >= 4 is 56.7 Å². The smallest absolute Gasteiger partial charge is 0.0471 e. The number of H-pyrrole nitrogens is 1. The summed E-state index contributed by atoms with van der Waals surface area (Å²) in [6.07, 6.45) is 2.20. The Bertz CT molecular complexity index is 1340. The van der Waals surface area contributed by atoms with Crippen LogP contribution in [0.1, 0.15) is 16.7 Å². The fraction of sp³-hybridized carbons (Fsp3) is 0. The van der Waals surface area contributed by atoms with Crippen molar-refractivity contribution in [3.63, 3.8) is 0 Å². The first kappa shape index (κ1) is 18.1. The summed E-state index contributed by atoms with van der Waals surface area (Å²) < 4.78 is 0. The highest BCUT2D eigenvalue weighted by Crippen LogP contribution is 2.36. The maximum absolute atomic E-state index is 6.16. The molecule has 1 nitrogen and oxygen atoms in total. The minimum absolute atomic E-state index is 0.727. The second-order valence-electron chi connectivity index (χ2n) is 7.02. The van der Waals surface area contributed by atoms with Gasteiger partial charge in [-0.2, -0.15) is 0 Å². The summed E-state index contributed by atoms with van der Waals surface area (Å²) >= 11 is 12.2. The number of fused-ring (bicyclic) bond motifs is 3. The Morgan fingerprint density at radius 2 is 1.31 bits per heavy atom. The van der Waals surface area contributed by atoms with Crippen molar-refractivity contribution in [2.45, 2.75) is 0 Å². The van der Waals surface area contributed by atoms with Gasteiger partial charge in [-0.1, -0.05) is 77.8 Å². The van der Waals surface area contributed by atoms with Crippen LogP contribution >= 0.6 is 23.2 Å². The van der Waals surface area contributed by atoms with Crippen molar-refractivity contribution in [3.05, 3.63) is 118 Å². The van der Waals surface area contributed by atoms with Crippen LogP contribution in [0.5, 0.6) is 0 Å². The zero-order valence-corrected chi connectivity index (χ0v) is 17.0. The quantitative estimate of drug-likeness (QED) is 0.286. The fourth-order valence-electron chi connectivity index (χ4n) is 3.80. The molecule has 140 valence electrons. The lowest BCUT2D eigenvalue weighted by atomic mass is 9.92. The minimum Gasteiger partial charge on any atom is -0.354 e. The number of aromatic nitrogens is 1. The van der Waals surface area contributed by atoms with E-state index in [9.17, 15) is 0 Å². The summed E-state index contributed by atoms with van der Waals surface area (Å²) in [7, 11) is 0. The number of nitrogens with one attached hydrogen (secondary N) is 1. The molecule has 0 aliphatic carbocycles. The third-order valence-electron chi connectivity index (χ3n) is 5.16. The van der Waals surface area contributed by atoms with Gasteiger partial charge in [-0.05, 0) is 64.7 Å². The molecule has 0 radical (unpaired) electrons. The van der Waals surface area contributed by atoms with E-state index in [2.05, 4.69) is 65.7 Å². The minimum atomic E-state index is 0.727. The van der Waals surface area contributed by atoms with Gasteiger partial charge in [0.2, 0.25) is 0 Å². The monoisotopic (exact) mass is 413 g/mol. The van der Waals surface area contributed by atoms with Gasteiger partial charge in [0.25, 0.3) is 0 Å². The summed E-state index contributed by atoms with van der Waals surface area (Å²) in [5.74, 6) is 0. The SMILES string of the molecule is Clc1ccc(/C=C(\c2ccc(Cl)cc2)c2cccc3[nH]c4ccccc4c23)cc1. The molecule has 0 saturated carbocycles. The lowest BCUT2D eigenvalue weighted by molar-refractivity contribution is 1.53. The largest absolute Gasteiger partial charge is 0.354 e. The summed E-state index contributed by atoms with van der Waals surface area (Å²) in [5, 5.41) is 3.89. The van der Waals surface area contributed by atoms with Gasteiger partial charge >= 0.3 is 0 Å². The van der Waals surface area contributed by atoms with Crippen LogP contribution in [-0.4, -0.2) is 4.98 Å². The number of hydrogen-bond donors (Lipinski definition) is 1. The Balaban J connectivity index is 1.81. The second kappa shape index (κ2) is 7.44. The van der Waals surface area contributed by atoms with Crippen LogP contribution in [0.3, 0.4) is 0 Å². The summed E-state index contributed by atoms with van der Waals surface area (Å²) in [6.45, 7) is 0. The van der Waals surface area contributed by atoms with Gasteiger partial charge in [-0.15, -0.1) is 0 Å². The van der Waals surface area contributed by atoms with Gasteiger partial charge in [-0.25, -0.2) is 0 Å². The molecule has 0 bridgehead atoms. The molecule has 0 amide bonds. The molecule has 1 N–H and O–H groups in total. The Morgan fingerprint density at radius 3 is 2.07 bits per heavy atom. The van der Waals surface area contributed by atoms with Crippen molar-refractivity contribution in [2.24, 2.45) is 0 Å². The van der Waals surface area contributed by atoms with E-state index in [0.717, 1.165) is 37.8 Å². The molecular weight excluding hydrogens is 397 g/mol. The Morgan fingerprint density at radius 1 is 0.655 bits per heavy atom. The molecule has 5 aromatic rings. The Labute approximate surface area is 179 Å². The van der Waals surface area contributed by atoms with Crippen LogP contribution in [0, 0.1) is 0 Å². The first-order chi connectivity index (χ1) is 14.2. The molecule has 3 heteroatoms. The third-order valence-corrected chi connectivity index (χ3v) is 5.66. The molecule has 1 heterocycles. The van der Waals surface area contributed by atoms with Gasteiger partial charge in [0.05, 0.1) is 0 Å². The predicted octanol–water partition coefficient (Wildman–Crippen LogP) is 8.22. The first-order valence-corrected chi connectivity index (χ1v) is 10.2. The number of aromatic amines is 1. The van der Waals surface area contributed by atoms with E-state index < -0.39 is 0 Å². The summed E-state index contributed by atoms with van der Waals surface area (Å²) in [6, 6.07) is 30.7. The van der Waals surface area contributed by atoms with Crippen LogP contribution in [-0.2, 0) is 0 Å². The fourth-order valence-corrected chi connectivity index (χ4v) is 4.05. The van der Waals surface area contributed by atoms with Gasteiger partial charge in [-0.3, -0.25) is 0 Å². The third kappa shape index (κ3) is 3.44. The zero-order valence-electron chi connectivity index (χ0n) is 15.5. The van der Waals surface area contributed by atoms with Crippen LogP contribution in [0.2, 0.25) is 10.0 Å². The van der Waals surface area contributed by atoms with Crippen LogP contribution in [0.15, 0.2) is 91.0 Å². The van der Waals surface area contributed by atoms with Gasteiger partial charge in [0.1, 0.15) is 0 Å². The van der Waals surface area contributed by atoms with Crippen LogP contribution < -0.4 is 0 Å². The van der Waals surface area contributed by atoms with Gasteiger partial charge in [0, 0.05) is 31.9 Å². The average molecular weight is 414 g/mol. The maximum atomic E-state index is 6.16. The molecule has 0 atom stereocenters. The molecule has 0 spiro atoms. The number of rotatable bonds is 3. The van der Waals surface area contributed by atoms with Crippen molar-refractivity contribution in [2.75, 3.05) is 0 Å². The van der Waals surface area contributed by atoms with Crippen molar-refractivity contribution in [1.29, 1.82) is 0 Å². The Kier molecular flexibility index (Phi) is 4.63. The molecule has 4 aromatic carbocycles. The molecule has 1 aromatic heterocycles. The lowest BCUT2D eigenvalue weighted by Crippen LogP contribution is -1.90. The molecule has 29 heavy (non-hydrogen) atoms. The van der Waals surface area contributed by atoms with E-state index in [1.807, 2.05) is 36.4 Å². The maximum Gasteiger partial charge on any atom is 0.0471 e. The normalized spacial score (nSPS) is 12.0. The van der Waals surface area contributed by atoms with E-state index in [4.69, 9.17) is 23.2 Å². The highest BCUT2D eigenvalue weighted by atomic mass is 35.5. The van der Waals surface area contributed by atoms with E-state index in [1.54, 1.807) is 0 Å². The number of hydrogen-bond acceptors (Lipinski definition) is 0. The number of para-hydroxylation sites is 1. The highest BCUT2D eigenvalue weighted by Gasteiger charge is 2.13. The van der Waals surface area contributed by atoms with Crippen LogP contribution in [0.4, 0.5) is 0 Å². The summed E-state index contributed by atoms with van der Waals surface area (Å²) in [5.41, 5.74) is 6.78. The second-order valence-corrected chi connectivity index (χ2v) is 7.89. The summed E-state index contributed by atoms with van der Waals surface area (Å²) in [4.78, 5) is 3.54. The molecule has 0 saturated heterocycles. The van der Waals surface area contributed by atoms with E-state index in [-0.39, 0.29) is 0 Å². The Hall–Kier alpha value is -3.00. The highest BCUT2D eigenvalue weighted by molar-refractivity contribution is 6.31. The van der Waals surface area contributed by atoms with E-state index in [0.29, 0.717) is 0 Å². The average Bonchev–Trinajstić information content (AvgIpc) is 3.13. The van der Waals surface area contributed by atoms with Gasteiger partial charge < -0.3 is 4.98 Å². The number of halogens is 2.